The van der Waals surface area contributed by atoms with Crippen LogP contribution in [0.3, 0.4) is 0 Å². The number of hydrogen-bond acceptors (Lipinski definition) is 3. The number of halogens is 1. The molecule has 2 heterocycles. The number of nitrogens with zero attached hydrogens (tertiary/aromatic N) is 3. The van der Waals surface area contributed by atoms with Crippen LogP contribution in [0, 0.1) is 5.82 Å². The smallest absolute Gasteiger partial charge is 0.282 e. The zero-order chi connectivity index (χ0) is 22.1. The maximum Gasteiger partial charge on any atom is 0.282 e. The SMILES string of the molecule is O=C(NC1CCCC1)c1cn(Cc2ccc(F)cc2)cc2c(=O)n(-c3ccccc3)nc1-2. The van der Waals surface area contributed by atoms with Crippen molar-refractivity contribution in [2.24, 2.45) is 0 Å². The second-order valence-corrected chi connectivity index (χ2v) is 8.24. The Labute approximate surface area is 184 Å². The molecule has 1 aliphatic carbocycles. The second kappa shape index (κ2) is 8.42. The number of carbonyl (C=O) groups excluding carboxylic acids is 1. The minimum atomic E-state index is -0.309. The van der Waals surface area contributed by atoms with Gasteiger partial charge in [0.1, 0.15) is 11.5 Å². The van der Waals surface area contributed by atoms with Crippen molar-refractivity contribution < 1.29 is 9.18 Å². The van der Waals surface area contributed by atoms with E-state index in [1.165, 1.54) is 16.8 Å². The van der Waals surface area contributed by atoms with Crippen molar-refractivity contribution in [3.63, 3.8) is 0 Å². The van der Waals surface area contributed by atoms with Crippen LogP contribution in [-0.4, -0.2) is 26.3 Å². The Kier molecular flexibility index (Phi) is 5.31. The number of pyridine rings is 1. The summed E-state index contributed by atoms with van der Waals surface area (Å²) in [6, 6.07) is 15.5. The Bertz CT molecular complexity index is 1270. The number of nitrogens with one attached hydrogen (secondary N) is 1. The van der Waals surface area contributed by atoms with Crippen molar-refractivity contribution in [1.29, 1.82) is 0 Å². The zero-order valence-corrected chi connectivity index (χ0v) is 17.5. The fourth-order valence-electron chi connectivity index (χ4n) is 4.30. The molecule has 1 saturated carbocycles. The molecule has 0 radical (unpaired) electrons. The lowest BCUT2D eigenvalue weighted by molar-refractivity contribution is 0.0937. The van der Waals surface area contributed by atoms with Gasteiger partial charge in [0.15, 0.2) is 0 Å². The van der Waals surface area contributed by atoms with Crippen molar-refractivity contribution in [2.75, 3.05) is 0 Å². The van der Waals surface area contributed by atoms with E-state index in [9.17, 15) is 14.0 Å². The van der Waals surface area contributed by atoms with Gasteiger partial charge in [-0.05, 0) is 42.7 Å². The first kappa shape index (κ1) is 20.2. The summed E-state index contributed by atoms with van der Waals surface area (Å²) in [5.41, 5.74) is 2.33. The van der Waals surface area contributed by atoms with Gasteiger partial charge in [-0.15, -0.1) is 0 Å². The molecule has 2 aromatic rings. The first-order valence-electron chi connectivity index (χ1n) is 10.8. The Balaban J connectivity index is 1.60. The van der Waals surface area contributed by atoms with Crippen LogP contribution in [0.1, 0.15) is 41.6 Å². The van der Waals surface area contributed by atoms with Crippen molar-refractivity contribution >= 4 is 5.91 Å². The minimum Gasteiger partial charge on any atom is -0.349 e. The highest BCUT2D eigenvalue weighted by Crippen LogP contribution is 2.24. The molecular weight excluding hydrogens is 407 g/mol. The molecular formula is C25H23FN4O2. The molecule has 2 aliphatic heterocycles. The van der Waals surface area contributed by atoms with Gasteiger partial charge in [-0.2, -0.15) is 9.78 Å². The number of fused-ring (bicyclic) bond motifs is 1. The largest absolute Gasteiger partial charge is 0.349 e. The van der Waals surface area contributed by atoms with Gasteiger partial charge >= 0.3 is 0 Å². The molecule has 0 spiro atoms. The van der Waals surface area contributed by atoms with Crippen LogP contribution in [0.5, 0.6) is 0 Å². The van der Waals surface area contributed by atoms with E-state index in [4.69, 9.17) is 0 Å². The molecule has 1 amide bonds. The maximum absolute atomic E-state index is 13.3. The fourth-order valence-corrected chi connectivity index (χ4v) is 4.30. The van der Waals surface area contributed by atoms with E-state index in [0.29, 0.717) is 29.1 Å². The molecule has 6 nitrogen and oxygen atoms in total. The van der Waals surface area contributed by atoms with Crippen LogP contribution in [0.25, 0.3) is 16.9 Å². The van der Waals surface area contributed by atoms with E-state index in [0.717, 1.165) is 31.2 Å². The third-order valence-electron chi connectivity index (χ3n) is 5.94. The first-order chi connectivity index (χ1) is 15.6. The second-order valence-electron chi connectivity index (χ2n) is 8.24. The van der Waals surface area contributed by atoms with Gasteiger partial charge in [0.25, 0.3) is 11.5 Å². The van der Waals surface area contributed by atoms with Gasteiger partial charge in [-0.1, -0.05) is 43.2 Å². The van der Waals surface area contributed by atoms with E-state index in [1.54, 1.807) is 41.2 Å². The van der Waals surface area contributed by atoms with Crippen LogP contribution < -0.4 is 10.9 Å². The van der Waals surface area contributed by atoms with Crippen molar-refractivity contribution in [1.82, 2.24) is 19.7 Å². The van der Waals surface area contributed by atoms with Gasteiger partial charge in [-0.3, -0.25) is 9.59 Å². The minimum absolute atomic E-state index is 0.145. The highest BCUT2D eigenvalue weighted by molar-refractivity contribution is 6.00. The van der Waals surface area contributed by atoms with Crippen molar-refractivity contribution in [3.05, 3.63) is 94.3 Å². The highest BCUT2D eigenvalue weighted by Gasteiger charge is 2.26. The maximum atomic E-state index is 13.3. The number of carbonyl (C=O) groups is 1. The number of amides is 1. The highest BCUT2D eigenvalue weighted by atomic mass is 19.1. The summed E-state index contributed by atoms with van der Waals surface area (Å²) < 4.78 is 16.4. The molecule has 2 aromatic carbocycles. The molecule has 0 unspecified atom stereocenters. The van der Waals surface area contributed by atoms with E-state index >= 15 is 0 Å². The summed E-state index contributed by atoms with van der Waals surface area (Å²) in [5, 5.41) is 7.62. The van der Waals surface area contributed by atoms with Crippen molar-refractivity contribution in [2.45, 2.75) is 38.3 Å². The number of benzene rings is 2. The third kappa shape index (κ3) is 3.93. The van der Waals surface area contributed by atoms with E-state index in [1.807, 2.05) is 18.2 Å². The first-order valence-corrected chi connectivity index (χ1v) is 10.8. The van der Waals surface area contributed by atoms with Gasteiger partial charge in [0.2, 0.25) is 0 Å². The average molecular weight is 430 g/mol. The Morgan fingerprint density at radius 2 is 1.75 bits per heavy atom. The van der Waals surface area contributed by atoms with Crippen LogP contribution in [-0.2, 0) is 6.54 Å². The molecule has 0 saturated heterocycles. The molecule has 7 heteroatoms. The Hall–Kier alpha value is -3.74. The summed E-state index contributed by atoms with van der Waals surface area (Å²) >= 11 is 0. The fraction of sp³-hybridized carbons (Fsp3) is 0.240. The van der Waals surface area contributed by atoms with Gasteiger partial charge in [-0.25, -0.2) is 4.39 Å². The Morgan fingerprint density at radius 3 is 2.47 bits per heavy atom. The molecule has 3 aliphatic rings. The van der Waals surface area contributed by atoms with E-state index in [2.05, 4.69) is 10.4 Å². The monoisotopic (exact) mass is 430 g/mol. The van der Waals surface area contributed by atoms with E-state index < -0.39 is 0 Å². The molecule has 0 bridgehead atoms. The molecule has 5 rings (SSSR count). The summed E-state index contributed by atoms with van der Waals surface area (Å²) in [7, 11) is 0. The quantitative estimate of drug-likeness (QED) is 0.520. The topological polar surface area (TPSA) is 68.9 Å². The standard InChI is InChI=1S/C25H23FN4O2/c26-18-12-10-17(11-13-18)14-29-15-21(24(31)27-19-6-4-5-7-19)23-22(16-29)25(32)30(28-23)20-8-2-1-3-9-20/h1-3,8-13,15-16,19H,4-7,14H2,(H,27,31). The molecule has 1 fully saturated rings. The summed E-state index contributed by atoms with van der Waals surface area (Å²) in [4.78, 5) is 26.4. The van der Waals surface area contributed by atoms with Crippen LogP contribution in [0.2, 0.25) is 0 Å². The molecule has 162 valence electrons. The van der Waals surface area contributed by atoms with Gasteiger partial charge < -0.3 is 9.88 Å². The van der Waals surface area contributed by atoms with Gasteiger partial charge in [0.05, 0.1) is 16.8 Å². The van der Waals surface area contributed by atoms with Crippen LogP contribution in [0.15, 0.2) is 71.8 Å². The van der Waals surface area contributed by atoms with Crippen LogP contribution >= 0.6 is 0 Å². The normalized spacial score (nSPS) is 14.2. The molecule has 32 heavy (non-hydrogen) atoms. The summed E-state index contributed by atoms with van der Waals surface area (Å²) in [5.74, 6) is -0.537. The third-order valence-corrected chi connectivity index (χ3v) is 5.94. The number of aromatic nitrogens is 3. The summed E-state index contributed by atoms with van der Waals surface area (Å²) in [6.45, 7) is 0.399. The van der Waals surface area contributed by atoms with Gasteiger partial charge in [0, 0.05) is 25.0 Å². The number of rotatable bonds is 5. The molecule has 1 N–H and O–H groups in total. The predicted molar refractivity (Wildman–Crippen MR) is 120 cm³/mol. The zero-order valence-electron chi connectivity index (χ0n) is 17.5. The van der Waals surface area contributed by atoms with Crippen molar-refractivity contribution in [3.8, 4) is 16.9 Å². The molecule has 0 atom stereocenters. The average Bonchev–Trinajstić information content (AvgIpc) is 3.43. The lowest BCUT2D eigenvalue weighted by Crippen LogP contribution is -2.33. The number of hydrogen-bond donors (Lipinski definition) is 1. The Morgan fingerprint density at radius 1 is 1.03 bits per heavy atom. The van der Waals surface area contributed by atoms with E-state index in [-0.39, 0.29) is 23.3 Å². The lowest BCUT2D eigenvalue weighted by Gasteiger charge is -2.16. The predicted octanol–water partition coefficient (Wildman–Crippen LogP) is 4.00. The summed E-state index contributed by atoms with van der Waals surface area (Å²) in [6.07, 6.45) is 7.56. The van der Waals surface area contributed by atoms with Crippen LogP contribution in [0.4, 0.5) is 4.39 Å². The lowest BCUT2D eigenvalue weighted by atomic mass is 10.1. The number of para-hydroxylation sites is 1. The molecule has 0 aromatic heterocycles.